The van der Waals surface area contributed by atoms with Gasteiger partial charge in [-0.05, 0) is 29.1 Å². The van der Waals surface area contributed by atoms with E-state index in [2.05, 4.69) is 10.3 Å². The number of nitrogens with one attached hydrogen (secondary N) is 1. The van der Waals surface area contributed by atoms with Crippen LogP contribution in [0.25, 0.3) is 0 Å². The Bertz CT molecular complexity index is 524. The number of anilines is 1. The summed E-state index contributed by atoms with van der Waals surface area (Å²) in [6, 6.07) is 12.0. The van der Waals surface area contributed by atoms with Gasteiger partial charge >= 0.3 is 0 Å². The van der Waals surface area contributed by atoms with Gasteiger partial charge in [-0.2, -0.15) is 0 Å². The monoisotopic (exact) mass is 261 g/mol. The van der Waals surface area contributed by atoms with Crippen molar-refractivity contribution in [2.45, 2.75) is 6.54 Å². The van der Waals surface area contributed by atoms with Gasteiger partial charge in [0, 0.05) is 19.3 Å². The molecule has 0 fully saturated rings. The summed E-state index contributed by atoms with van der Waals surface area (Å²) in [5.74, 6) is 4.93. The number of benzene rings is 1. The van der Waals surface area contributed by atoms with E-state index >= 15 is 0 Å². The average Bonchev–Trinajstić information content (AvgIpc) is 2.87. The lowest BCUT2D eigenvalue weighted by molar-refractivity contribution is 0.0957. The van der Waals surface area contributed by atoms with Crippen LogP contribution in [-0.4, -0.2) is 13.0 Å². The minimum atomic E-state index is -0.235. The molecule has 0 aliphatic carbocycles. The van der Waals surface area contributed by atoms with Gasteiger partial charge in [-0.3, -0.25) is 10.2 Å². The Morgan fingerprint density at radius 2 is 2.06 bits per heavy atom. The molecule has 18 heavy (non-hydrogen) atoms. The Hall–Kier alpha value is -1.85. The van der Waals surface area contributed by atoms with Crippen molar-refractivity contribution >= 4 is 22.9 Å². The Morgan fingerprint density at radius 1 is 1.33 bits per heavy atom. The topological polar surface area (TPSA) is 58.4 Å². The van der Waals surface area contributed by atoms with Gasteiger partial charge in [-0.1, -0.05) is 18.2 Å². The first-order chi connectivity index (χ1) is 8.72. The molecule has 0 spiro atoms. The number of thiophene rings is 1. The fourth-order valence-electron chi connectivity index (χ4n) is 1.75. The number of nitrogens with two attached hydrogens (primary N) is 1. The molecule has 0 bridgehead atoms. The smallest absolute Gasteiger partial charge is 0.275 e. The lowest BCUT2D eigenvalue weighted by Crippen LogP contribution is -2.30. The maximum absolute atomic E-state index is 11.6. The molecule has 0 atom stereocenters. The molecule has 3 N–H and O–H groups in total. The number of hydrogen-bond donors (Lipinski definition) is 2. The fraction of sp³-hybridized carbons (Fsp3) is 0.154. The molecule has 0 unspecified atom stereocenters. The molecule has 0 radical (unpaired) electrons. The van der Waals surface area contributed by atoms with Crippen LogP contribution in [0.5, 0.6) is 0 Å². The van der Waals surface area contributed by atoms with E-state index in [0.29, 0.717) is 11.4 Å². The molecule has 1 aromatic carbocycles. The number of nitrogens with zero attached hydrogens (tertiary/aromatic N) is 1. The molecular weight excluding hydrogens is 246 g/mol. The Kier molecular flexibility index (Phi) is 3.96. The van der Waals surface area contributed by atoms with Gasteiger partial charge in [0.15, 0.2) is 0 Å². The Labute approximate surface area is 110 Å². The summed E-state index contributed by atoms with van der Waals surface area (Å²) < 4.78 is 0. The van der Waals surface area contributed by atoms with E-state index in [1.54, 1.807) is 0 Å². The van der Waals surface area contributed by atoms with Gasteiger partial charge in [-0.15, -0.1) is 11.3 Å². The second-order valence-corrected chi connectivity index (χ2v) is 4.86. The van der Waals surface area contributed by atoms with Crippen molar-refractivity contribution in [3.8, 4) is 0 Å². The molecule has 1 amide bonds. The van der Waals surface area contributed by atoms with E-state index in [4.69, 9.17) is 5.84 Å². The van der Waals surface area contributed by atoms with Crippen molar-refractivity contribution in [3.63, 3.8) is 0 Å². The van der Waals surface area contributed by atoms with Gasteiger partial charge in [0.2, 0.25) is 0 Å². The van der Waals surface area contributed by atoms with Crippen LogP contribution in [0.2, 0.25) is 0 Å². The van der Waals surface area contributed by atoms with Crippen molar-refractivity contribution in [2.75, 3.05) is 11.9 Å². The zero-order valence-corrected chi connectivity index (χ0v) is 10.9. The van der Waals surface area contributed by atoms with Crippen LogP contribution in [0, 0.1) is 0 Å². The third-order valence-corrected chi connectivity index (χ3v) is 3.64. The number of amides is 1. The van der Waals surface area contributed by atoms with E-state index in [1.165, 1.54) is 11.3 Å². The molecule has 2 rings (SSSR count). The summed E-state index contributed by atoms with van der Waals surface area (Å²) in [6.07, 6.45) is 0. The van der Waals surface area contributed by atoms with Crippen LogP contribution in [0.1, 0.15) is 15.2 Å². The third kappa shape index (κ3) is 2.69. The molecule has 94 valence electrons. The molecule has 1 aromatic heterocycles. The summed E-state index contributed by atoms with van der Waals surface area (Å²) in [5, 5.41) is 1.90. The van der Waals surface area contributed by atoms with E-state index < -0.39 is 0 Å². The molecule has 0 aliphatic rings. The molecule has 0 saturated carbocycles. The molecular formula is C13H15N3OS. The fourth-order valence-corrected chi connectivity index (χ4v) is 2.57. The highest BCUT2D eigenvalue weighted by molar-refractivity contribution is 7.12. The van der Waals surface area contributed by atoms with Crippen LogP contribution in [-0.2, 0) is 6.54 Å². The Morgan fingerprint density at radius 3 is 2.72 bits per heavy atom. The highest BCUT2D eigenvalue weighted by atomic mass is 32.1. The maximum atomic E-state index is 11.6. The zero-order chi connectivity index (χ0) is 13.0. The summed E-state index contributed by atoms with van der Waals surface area (Å²) in [6.45, 7) is 0.677. The minimum Gasteiger partial charge on any atom is -0.370 e. The van der Waals surface area contributed by atoms with Crippen molar-refractivity contribution in [1.29, 1.82) is 0 Å². The molecule has 0 saturated heterocycles. The number of nitrogen functional groups attached to an aromatic ring is 1. The van der Waals surface area contributed by atoms with E-state index in [1.807, 2.05) is 48.8 Å². The Balaban J connectivity index is 2.15. The maximum Gasteiger partial charge on any atom is 0.275 e. The van der Waals surface area contributed by atoms with E-state index in [0.717, 1.165) is 11.3 Å². The van der Waals surface area contributed by atoms with Gasteiger partial charge in [0.1, 0.15) is 0 Å². The first-order valence-corrected chi connectivity index (χ1v) is 6.44. The lowest BCUT2D eigenvalue weighted by Gasteiger charge is -2.19. The number of rotatable bonds is 4. The molecule has 2 aromatic rings. The normalized spacial score (nSPS) is 10.1. The third-order valence-electron chi connectivity index (χ3n) is 2.69. The van der Waals surface area contributed by atoms with Crippen molar-refractivity contribution in [2.24, 2.45) is 5.84 Å². The second-order valence-electron chi connectivity index (χ2n) is 3.94. The first-order valence-electron chi connectivity index (χ1n) is 5.56. The zero-order valence-electron chi connectivity index (χ0n) is 10.1. The summed E-state index contributed by atoms with van der Waals surface area (Å²) in [7, 11) is 2.00. The van der Waals surface area contributed by atoms with Crippen LogP contribution in [0.3, 0.4) is 0 Å². The summed E-state index contributed by atoms with van der Waals surface area (Å²) >= 11 is 1.40. The number of carbonyl (C=O) groups excluding carboxylic acids is 1. The number of hydrazine groups is 1. The highest BCUT2D eigenvalue weighted by Crippen LogP contribution is 2.21. The lowest BCUT2D eigenvalue weighted by atomic mass is 10.2. The standard InChI is InChI=1S/C13H15N3OS/c1-16(11-5-3-2-4-6-11)9-10-7-8-18-12(10)13(17)15-14/h2-8H,9,14H2,1H3,(H,15,17). The van der Waals surface area contributed by atoms with Gasteiger partial charge in [0.05, 0.1) is 4.88 Å². The van der Waals surface area contributed by atoms with E-state index in [9.17, 15) is 4.79 Å². The number of carbonyl (C=O) groups is 1. The van der Waals surface area contributed by atoms with Gasteiger partial charge in [0.25, 0.3) is 5.91 Å². The molecule has 0 aliphatic heterocycles. The predicted molar refractivity (Wildman–Crippen MR) is 74.5 cm³/mol. The number of hydrogen-bond acceptors (Lipinski definition) is 4. The number of para-hydroxylation sites is 1. The summed E-state index contributed by atoms with van der Waals surface area (Å²) in [5.41, 5.74) is 4.27. The van der Waals surface area contributed by atoms with Crippen molar-refractivity contribution in [1.82, 2.24) is 5.43 Å². The van der Waals surface area contributed by atoms with Gasteiger partial charge in [-0.25, -0.2) is 5.84 Å². The quantitative estimate of drug-likeness (QED) is 0.503. The predicted octanol–water partition coefficient (Wildman–Crippen LogP) is 1.99. The first kappa shape index (κ1) is 12.6. The van der Waals surface area contributed by atoms with Gasteiger partial charge < -0.3 is 4.90 Å². The largest absolute Gasteiger partial charge is 0.370 e. The highest BCUT2D eigenvalue weighted by Gasteiger charge is 2.13. The average molecular weight is 261 g/mol. The van der Waals surface area contributed by atoms with E-state index in [-0.39, 0.29) is 5.91 Å². The molecule has 4 nitrogen and oxygen atoms in total. The van der Waals surface area contributed by atoms with Crippen molar-refractivity contribution < 1.29 is 4.79 Å². The summed E-state index contributed by atoms with van der Waals surface area (Å²) in [4.78, 5) is 14.3. The van der Waals surface area contributed by atoms with Crippen LogP contribution in [0.15, 0.2) is 41.8 Å². The van der Waals surface area contributed by atoms with Crippen LogP contribution >= 0.6 is 11.3 Å². The molecule has 1 heterocycles. The van der Waals surface area contributed by atoms with Crippen LogP contribution in [0.4, 0.5) is 5.69 Å². The van der Waals surface area contributed by atoms with Crippen LogP contribution < -0.4 is 16.2 Å². The second kappa shape index (κ2) is 5.66. The minimum absolute atomic E-state index is 0.235. The molecule has 5 heteroatoms. The van der Waals surface area contributed by atoms with Crippen molar-refractivity contribution in [3.05, 3.63) is 52.2 Å². The SMILES string of the molecule is CN(Cc1ccsc1C(=O)NN)c1ccccc1.